The van der Waals surface area contributed by atoms with Crippen molar-refractivity contribution < 1.29 is 0 Å². The van der Waals surface area contributed by atoms with Crippen LogP contribution in [-0.2, 0) is 0 Å². The van der Waals surface area contributed by atoms with E-state index in [2.05, 4.69) is 53.8 Å². The Labute approximate surface area is 116 Å². The van der Waals surface area contributed by atoms with Crippen molar-refractivity contribution in [3.05, 3.63) is 44.2 Å². The summed E-state index contributed by atoms with van der Waals surface area (Å²) in [4.78, 5) is 8.39. The van der Waals surface area contributed by atoms with Crippen LogP contribution in [0.25, 0.3) is 0 Å². The van der Waals surface area contributed by atoms with Gasteiger partial charge in [0.1, 0.15) is 0 Å². The van der Waals surface area contributed by atoms with Gasteiger partial charge in [-0.3, -0.25) is 0 Å². The predicted octanol–water partition coefficient (Wildman–Crippen LogP) is 3.90. The lowest BCUT2D eigenvalue weighted by molar-refractivity contribution is 1.15. The molecule has 1 N–H and O–H groups in total. The van der Waals surface area contributed by atoms with Gasteiger partial charge in [-0.15, -0.1) is 0 Å². The Hall–Kier alpha value is -0.690. The molecule has 16 heavy (non-hydrogen) atoms. The second-order valence-corrected chi connectivity index (χ2v) is 5.43. The predicted molar refractivity (Wildman–Crippen MR) is 76.9 cm³/mol. The zero-order valence-corrected chi connectivity index (χ0v) is 12.3. The van der Waals surface area contributed by atoms with E-state index in [4.69, 9.17) is 0 Å². The molecule has 0 radical (unpaired) electrons. The minimum absolute atomic E-state index is 0.603. The number of aryl methyl sites for hydroxylation is 1. The zero-order chi connectivity index (χ0) is 11.5. The van der Waals surface area contributed by atoms with E-state index in [1.807, 2.05) is 25.1 Å². The minimum Gasteiger partial charge on any atom is -0.323 e. The summed E-state index contributed by atoms with van der Waals surface area (Å²) in [6, 6.07) is 6.10. The van der Waals surface area contributed by atoms with Crippen molar-refractivity contribution in [2.75, 3.05) is 5.32 Å². The zero-order valence-electron chi connectivity index (χ0n) is 8.54. The van der Waals surface area contributed by atoms with E-state index in [9.17, 15) is 0 Å². The summed E-state index contributed by atoms with van der Waals surface area (Å²) in [5.74, 6) is 0.603. The second-order valence-electron chi connectivity index (χ2n) is 3.33. The van der Waals surface area contributed by atoms with Crippen LogP contribution < -0.4 is 5.32 Å². The molecular formula is C11H9BrIN3. The van der Waals surface area contributed by atoms with E-state index in [1.54, 1.807) is 12.4 Å². The smallest absolute Gasteiger partial charge is 0.227 e. The lowest BCUT2D eigenvalue weighted by Gasteiger charge is -2.07. The number of rotatable bonds is 2. The van der Waals surface area contributed by atoms with Gasteiger partial charge in [-0.1, -0.05) is 6.07 Å². The average Bonchev–Trinajstić information content (AvgIpc) is 2.27. The van der Waals surface area contributed by atoms with Gasteiger partial charge in [-0.05, 0) is 63.1 Å². The largest absolute Gasteiger partial charge is 0.323 e. The van der Waals surface area contributed by atoms with E-state index in [0.29, 0.717) is 5.95 Å². The fraction of sp³-hybridized carbons (Fsp3) is 0.0909. The monoisotopic (exact) mass is 389 g/mol. The molecule has 0 unspecified atom stereocenters. The molecular weight excluding hydrogens is 381 g/mol. The summed E-state index contributed by atoms with van der Waals surface area (Å²) in [6.45, 7) is 2.05. The van der Waals surface area contributed by atoms with Gasteiger partial charge in [-0.2, -0.15) is 0 Å². The maximum absolute atomic E-state index is 4.19. The Kier molecular flexibility index (Phi) is 3.75. The molecule has 2 rings (SSSR count). The van der Waals surface area contributed by atoms with Gasteiger partial charge in [0.2, 0.25) is 5.95 Å². The standard InChI is InChI=1S/C11H9BrIN3/c1-7-2-3-9(12)10(4-7)16-11-14-5-8(13)6-15-11/h2-6H,1H3,(H,14,15,16). The van der Waals surface area contributed by atoms with Crippen LogP contribution in [0, 0.1) is 10.5 Å². The lowest BCUT2D eigenvalue weighted by atomic mass is 10.2. The van der Waals surface area contributed by atoms with Crippen LogP contribution in [0.15, 0.2) is 35.1 Å². The highest BCUT2D eigenvalue weighted by Gasteiger charge is 2.02. The third-order valence-electron chi connectivity index (χ3n) is 1.99. The van der Waals surface area contributed by atoms with Crippen LogP contribution in [0.1, 0.15) is 5.56 Å². The van der Waals surface area contributed by atoms with Crippen molar-refractivity contribution in [1.29, 1.82) is 0 Å². The molecule has 5 heteroatoms. The third kappa shape index (κ3) is 2.91. The van der Waals surface area contributed by atoms with E-state index in [0.717, 1.165) is 13.7 Å². The molecule has 0 saturated heterocycles. The summed E-state index contributed by atoms with van der Waals surface area (Å²) in [5, 5.41) is 3.17. The first-order valence-electron chi connectivity index (χ1n) is 4.66. The Morgan fingerprint density at radius 1 is 1.25 bits per heavy atom. The fourth-order valence-electron chi connectivity index (χ4n) is 1.23. The normalized spacial score (nSPS) is 10.2. The number of benzene rings is 1. The summed E-state index contributed by atoms with van der Waals surface area (Å²) in [5.41, 5.74) is 2.16. The van der Waals surface area contributed by atoms with Crippen molar-refractivity contribution in [2.24, 2.45) is 0 Å². The molecule has 0 saturated carbocycles. The van der Waals surface area contributed by atoms with Crippen LogP contribution in [0.5, 0.6) is 0 Å². The van der Waals surface area contributed by atoms with Gasteiger partial charge in [0.15, 0.2) is 0 Å². The highest BCUT2D eigenvalue weighted by Crippen LogP contribution is 2.25. The SMILES string of the molecule is Cc1ccc(Br)c(Nc2ncc(I)cn2)c1. The molecule has 1 heterocycles. The molecule has 0 bridgehead atoms. The van der Waals surface area contributed by atoms with Gasteiger partial charge in [0, 0.05) is 20.4 Å². The summed E-state index contributed by atoms with van der Waals surface area (Å²) in [7, 11) is 0. The third-order valence-corrected chi connectivity index (χ3v) is 3.24. The highest BCUT2D eigenvalue weighted by atomic mass is 127. The van der Waals surface area contributed by atoms with Crippen molar-refractivity contribution >= 4 is 50.2 Å². The molecule has 3 nitrogen and oxygen atoms in total. The molecule has 0 fully saturated rings. The molecule has 82 valence electrons. The van der Waals surface area contributed by atoms with E-state index in [-0.39, 0.29) is 0 Å². The Morgan fingerprint density at radius 2 is 1.94 bits per heavy atom. The minimum atomic E-state index is 0.603. The fourth-order valence-corrected chi connectivity index (χ4v) is 1.86. The van der Waals surface area contributed by atoms with Crippen molar-refractivity contribution in [2.45, 2.75) is 6.92 Å². The van der Waals surface area contributed by atoms with E-state index < -0.39 is 0 Å². The van der Waals surface area contributed by atoms with E-state index >= 15 is 0 Å². The first-order chi connectivity index (χ1) is 7.65. The van der Waals surface area contributed by atoms with Crippen molar-refractivity contribution in [3.63, 3.8) is 0 Å². The Morgan fingerprint density at radius 3 is 2.62 bits per heavy atom. The summed E-state index contributed by atoms with van der Waals surface area (Å²) >= 11 is 5.66. The van der Waals surface area contributed by atoms with Crippen LogP contribution in [0.2, 0.25) is 0 Å². The molecule has 1 aromatic carbocycles. The molecule has 0 aliphatic rings. The number of hydrogen-bond donors (Lipinski definition) is 1. The van der Waals surface area contributed by atoms with Gasteiger partial charge >= 0.3 is 0 Å². The van der Waals surface area contributed by atoms with Gasteiger partial charge in [0.25, 0.3) is 0 Å². The first-order valence-corrected chi connectivity index (χ1v) is 6.53. The lowest BCUT2D eigenvalue weighted by Crippen LogP contribution is -1.97. The Bertz CT molecular complexity index is 499. The number of aromatic nitrogens is 2. The van der Waals surface area contributed by atoms with Crippen LogP contribution in [0.4, 0.5) is 11.6 Å². The molecule has 0 spiro atoms. The molecule has 0 atom stereocenters. The molecule has 0 aliphatic heterocycles. The number of hydrogen-bond acceptors (Lipinski definition) is 3. The number of nitrogens with zero attached hydrogens (tertiary/aromatic N) is 2. The topological polar surface area (TPSA) is 37.8 Å². The second kappa shape index (κ2) is 5.09. The average molecular weight is 390 g/mol. The number of nitrogens with one attached hydrogen (secondary N) is 1. The van der Waals surface area contributed by atoms with Crippen LogP contribution >= 0.6 is 38.5 Å². The van der Waals surface area contributed by atoms with Crippen LogP contribution in [-0.4, -0.2) is 9.97 Å². The quantitative estimate of drug-likeness (QED) is 0.791. The summed E-state index contributed by atoms with van der Waals surface area (Å²) in [6.07, 6.45) is 3.55. The van der Waals surface area contributed by atoms with Crippen molar-refractivity contribution in [1.82, 2.24) is 9.97 Å². The highest BCUT2D eigenvalue weighted by molar-refractivity contribution is 14.1. The first kappa shape index (κ1) is 11.8. The van der Waals surface area contributed by atoms with Gasteiger partial charge in [0.05, 0.1) is 5.69 Å². The molecule has 0 amide bonds. The van der Waals surface area contributed by atoms with Gasteiger partial charge in [-0.25, -0.2) is 9.97 Å². The van der Waals surface area contributed by atoms with Gasteiger partial charge < -0.3 is 5.32 Å². The Balaban J connectivity index is 2.26. The van der Waals surface area contributed by atoms with Crippen molar-refractivity contribution in [3.8, 4) is 0 Å². The maximum atomic E-state index is 4.19. The molecule has 1 aromatic heterocycles. The molecule has 0 aliphatic carbocycles. The number of halogens is 2. The number of anilines is 2. The summed E-state index contributed by atoms with van der Waals surface area (Å²) < 4.78 is 2.02. The van der Waals surface area contributed by atoms with Crippen LogP contribution in [0.3, 0.4) is 0 Å². The maximum Gasteiger partial charge on any atom is 0.227 e. The molecule has 2 aromatic rings. The van der Waals surface area contributed by atoms with E-state index in [1.165, 1.54) is 5.56 Å².